The number of hydrogen-bond acceptors (Lipinski definition) is 2. The fourth-order valence-corrected chi connectivity index (χ4v) is 2.93. The minimum Gasteiger partial charge on any atom is -0.309 e. The topological polar surface area (TPSA) is 15.3 Å². The normalized spacial score (nSPS) is 24.2. The van der Waals surface area contributed by atoms with Gasteiger partial charge in [-0.3, -0.25) is 4.90 Å². The minimum absolute atomic E-state index is 0.291. The van der Waals surface area contributed by atoms with Gasteiger partial charge in [0.25, 0.3) is 0 Å². The fraction of sp³-hybridized carbons (Fsp3) is 0.600. The molecule has 1 N–H and O–H groups in total. The van der Waals surface area contributed by atoms with Gasteiger partial charge < -0.3 is 5.32 Å². The van der Waals surface area contributed by atoms with Gasteiger partial charge in [0, 0.05) is 31.7 Å². The molecule has 1 aliphatic carbocycles. The highest BCUT2D eigenvalue weighted by atomic mass is 19.4. The molecule has 2 aliphatic rings. The maximum Gasteiger partial charge on any atom is 0.416 e. The molecule has 0 bridgehead atoms. The second kappa shape index (κ2) is 5.37. The van der Waals surface area contributed by atoms with Crippen LogP contribution in [0.15, 0.2) is 24.3 Å². The van der Waals surface area contributed by atoms with Crippen molar-refractivity contribution < 1.29 is 13.2 Å². The summed E-state index contributed by atoms with van der Waals surface area (Å²) in [6.45, 7) is 2.33. The number of nitrogens with one attached hydrogen (secondary N) is 1. The van der Waals surface area contributed by atoms with Crippen LogP contribution in [-0.2, 0) is 12.7 Å². The van der Waals surface area contributed by atoms with Gasteiger partial charge in [-0.1, -0.05) is 18.2 Å². The van der Waals surface area contributed by atoms with E-state index in [-0.39, 0.29) is 0 Å². The minimum atomic E-state index is -4.27. The largest absolute Gasteiger partial charge is 0.416 e. The van der Waals surface area contributed by atoms with Crippen molar-refractivity contribution in [1.82, 2.24) is 10.2 Å². The first kappa shape index (κ1) is 13.9. The first-order chi connectivity index (χ1) is 9.54. The molecule has 0 radical (unpaired) electrons. The second-order valence-electron chi connectivity index (χ2n) is 5.75. The Morgan fingerprint density at radius 3 is 2.60 bits per heavy atom. The van der Waals surface area contributed by atoms with Crippen LogP contribution in [0.4, 0.5) is 13.2 Å². The van der Waals surface area contributed by atoms with Crippen molar-refractivity contribution in [2.45, 2.75) is 44.1 Å². The summed E-state index contributed by atoms with van der Waals surface area (Å²) in [6, 6.07) is 6.88. The maximum absolute atomic E-state index is 12.9. The van der Waals surface area contributed by atoms with E-state index in [9.17, 15) is 13.2 Å². The Bertz CT molecular complexity index is 468. The third kappa shape index (κ3) is 3.15. The molecule has 5 heteroatoms. The van der Waals surface area contributed by atoms with Crippen LogP contribution >= 0.6 is 0 Å². The van der Waals surface area contributed by atoms with E-state index in [0.29, 0.717) is 18.2 Å². The van der Waals surface area contributed by atoms with Gasteiger partial charge in [-0.05, 0) is 30.9 Å². The lowest BCUT2D eigenvalue weighted by molar-refractivity contribution is -0.138. The molecule has 3 rings (SSSR count). The summed E-state index contributed by atoms with van der Waals surface area (Å²) in [5.74, 6) is 0. The molecule has 1 aliphatic heterocycles. The van der Waals surface area contributed by atoms with E-state index in [2.05, 4.69) is 10.2 Å². The summed E-state index contributed by atoms with van der Waals surface area (Å²) in [4.78, 5) is 2.45. The number of nitrogens with zero attached hydrogens (tertiary/aromatic N) is 1. The van der Waals surface area contributed by atoms with Crippen LogP contribution in [0.3, 0.4) is 0 Å². The molecule has 1 aromatic rings. The molecule has 1 unspecified atom stereocenters. The summed E-state index contributed by atoms with van der Waals surface area (Å²) in [5, 5.41) is 3.28. The number of benzene rings is 1. The van der Waals surface area contributed by atoms with Crippen LogP contribution in [0.5, 0.6) is 0 Å². The van der Waals surface area contributed by atoms with Crippen molar-refractivity contribution >= 4 is 0 Å². The SMILES string of the molecule is FC(F)(F)c1ccccc1CNC1CCN(C2CC2)C1. The van der Waals surface area contributed by atoms with Gasteiger partial charge in [0.05, 0.1) is 5.56 Å². The molecule has 20 heavy (non-hydrogen) atoms. The Morgan fingerprint density at radius 2 is 1.90 bits per heavy atom. The number of halogens is 3. The number of rotatable bonds is 4. The lowest BCUT2D eigenvalue weighted by atomic mass is 10.1. The van der Waals surface area contributed by atoms with E-state index in [1.807, 2.05) is 0 Å². The van der Waals surface area contributed by atoms with E-state index in [0.717, 1.165) is 31.6 Å². The molecule has 2 fully saturated rings. The van der Waals surface area contributed by atoms with Gasteiger partial charge in [-0.25, -0.2) is 0 Å². The van der Waals surface area contributed by atoms with E-state index in [1.165, 1.54) is 18.9 Å². The fourth-order valence-electron chi connectivity index (χ4n) is 2.93. The van der Waals surface area contributed by atoms with Crippen LogP contribution in [0.25, 0.3) is 0 Å². The highest BCUT2D eigenvalue weighted by Gasteiger charge is 2.35. The molecule has 2 nitrogen and oxygen atoms in total. The van der Waals surface area contributed by atoms with Crippen LogP contribution < -0.4 is 5.32 Å². The Morgan fingerprint density at radius 1 is 1.15 bits per heavy atom. The highest BCUT2D eigenvalue weighted by Crippen LogP contribution is 2.32. The lowest BCUT2D eigenvalue weighted by Gasteiger charge is -2.17. The van der Waals surface area contributed by atoms with Crippen molar-refractivity contribution in [2.24, 2.45) is 0 Å². The van der Waals surface area contributed by atoms with Crippen molar-refractivity contribution in [3.8, 4) is 0 Å². The zero-order chi connectivity index (χ0) is 14.2. The molecular weight excluding hydrogens is 265 g/mol. The average molecular weight is 284 g/mol. The predicted octanol–water partition coefficient (Wildman–Crippen LogP) is 3.03. The monoisotopic (exact) mass is 284 g/mol. The van der Waals surface area contributed by atoms with Crippen molar-refractivity contribution in [2.75, 3.05) is 13.1 Å². The van der Waals surface area contributed by atoms with E-state index in [1.54, 1.807) is 12.1 Å². The zero-order valence-electron chi connectivity index (χ0n) is 11.3. The van der Waals surface area contributed by atoms with E-state index >= 15 is 0 Å². The molecule has 1 saturated heterocycles. The van der Waals surface area contributed by atoms with Crippen LogP contribution in [-0.4, -0.2) is 30.1 Å². The van der Waals surface area contributed by atoms with Crippen LogP contribution in [0.1, 0.15) is 30.4 Å². The first-order valence-electron chi connectivity index (χ1n) is 7.16. The van der Waals surface area contributed by atoms with Crippen molar-refractivity contribution in [3.05, 3.63) is 35.4 Å². The summed E-state index contributed by atoms with van der Waals surface area (Å²) >= 11 is 0. The molecule has 1 saturated carbocycles. The smallest absolute Gasteiger partial charge is 0.309 e. The summed E-state index contributed by atoms with van der Waals surface area (Å²) in [6.07, 6.45) is -0.675. The van der Waals surface area contributed by atoms with Crippen molar-refractivity contribution in [3.63, 3.8) is 0 Å². The number of alkyl halides is 3. The maximum atomic E-state index is 12.9. The van der Waals surface area contributed by atoms with Crippen LogP contribution in [0.2, 0.25) is 0 Å². The van der Waals surface area contributed by atoms with Gasteiger partial charge in [0.2, 0.25) is 0 Å². The van der Waals surface area contributed by atoms with Gasteiger partial charge in [0.15, 0.2) is 0 Å². The van der Waals surface area contributed by atoms with Gasteiger partial charge in [-0.15, -0.1) is 0 Å². The Balaban J connectivity index is 1.58. The van der Waals surface area contributed by atoms with Gasteiger partial charge in [0.1, 0.15) is 0 Å². The molecule has 1 heterocycles. The van der Waals surface area contributed by atoms with Crippen LogP contribution in [0, 0.1) is 0 Å². The summed E-state index contributed by atoms with van der Waals surface area (Å²) < 4.78 is 38.7. The number of hydrogen-bond donors (Lipinski definition) is 1. The summed E-state index contributed by atoms with van der Waals surface area (Å²) in [7, 11) is 0. The molecule has 1 atom stereocenters. The Hall–Kier alpha value is -1.07. The predicted molar refractivity (Wildman–Crippen MR) is 71.3 cm³/mol. The summed E-state index contributed by atoms with van der Waals surface area (Å²) in [5.41, 5.74) is -0.186. The molecule has 0 spiro atoms. The van der Waals surface area contributed by atoms with Gasteiger partial charge >= 0.3 is 6.18 Å². The molecule has 0 amide bonds. The standard InChI is InChI=1S/C15H19F3N2/c16-15(17,18)14-4-2-1-3-11(14)9-19-12-7-8-20(10-12)13-5-6-13/h1-4,12-13,19H,5-10H2. The highest BCUT2D eigenvalue weighted by molar-refractivity contribution is 5.29. The van der Waals surface area contributed by atoms with E-state index in [4.69, 9.17) is 0 Å². The lowest BCUT2D eigenvalue weighted by Crippen LogP contribution is -2.33. The molecule has 1 aromatic carbocycles. The molecular formula is C15H19F3N2. The Labute approximate surface area is 117 Å². The van der Waals surface area contributed by atoms with Gasteiger partial charge in [-0.2, -0.15) is 13.2 Å². The zero-order valence-corrected chi connectivity index (χ0v) is 11.3. The third-order valence-electron chi connectivity index (χ3n) is 4.19. The van der Waals surface area contributed by atoms with E-state index < -0.39 is 11.7 Å². The quantitative estimate of drug-likeness (QED) is 0.914. The van der Waals surface area contributed by atoms with Crippen molar-refractivity contribution in [1.29, 1.82) is 0 Å². The Kier molecular flexibility index (Phi) is 3.73. The average Bonchev–Trinajstić information content (AvgIpc) is 3.15. The third-order valence-corrected chi connectivity index (χ3v) is 4.19. The second-order valence-corrected chi connectivity index (χ2v) is 5.75. The molecule has 110 valence electrons. The molecule has 0 aromatic heterocycles. The number of likely N-dealkylation sites (tertiary alicyclic amines) is 1. The first-order valence-corrected chi connectivity index (χ1v) is 7.16.